The minimum absolute atomic E-state index is 0.0339. The largest absolute Gasteiger partial charge is 0.326 e. The van der Waals surface area contributed by atoms with E-state index in [1.807, 2.05) is 45.2 Å². The molecule has 0 saturated heterocycles. The molecule has 0 bridgehead atoms. The van der Waals surface area contributed by atoms with Gasteiger partial charge in [0.15, 0.2) is 0 Å². The Morgan fingerprint density at radius 2 is 2.11 bits per heavy atom. The van der Waals surface area contributed by atoms with Gasteiger partial charge in [-0.15, -0.1) is 0 Å². The van der Waals surface area contributed by atoms with Crippen LogP contribution >= 0.6 is 15.9 Å². The van der Waals surface area contributed by atoms with Crippen molar-refractivity contribution in [2.75, 3.05) is 5.32 Å². The SMILES string of the molecule is Cc1cc(CC(=O)Nc2ccc(Br)cc2C)n(C)n1. The van der Waals surface area contributed by atoms with Crippen LogP contribution in [0, 0.1) is 13.8 Å². The molecule has 1 heterocycles. The summed E-state index contributed by atoms with van der Waals surface area (Å²) in [4.78, 5) is 12.0. The molecule has 19 heavy (non-hydrogen) atoms. The molecule has 0 fully saturated rings. The van der Waals surface area contributed by atoms with E-state index >= 15 is 0 Å². The van der Waals surface area contributed by atoms with Gasteiger partial charge in [0.1, 0.15) is 0 Å². The Morgan fingerprint density at radius 1 is 1.37 bits per heavy atom. The van der Waals surface area contributed by atoms with Gasteiger partial charge in [0.05, 0.1) is 12.1 Å². The topological polar surface area (TPSA) is 46.9 Å². The first-order chi connectivity index (χ1) is 8.95. The minimum atomic E-state index is -0.0339. The highest BCUT2D eigenvalue weighted by molar-refractivity contribution is 9.10. The van der Waals surface area contributed by atoms with Crippen molar-refractivity contribution < 1.29 is 4.79 Å². The number of aromatic nitrogens is 2. The zero-order chi connectivity index (χ0) is 14.0. The van der Waals surface area contributed by atoms with E-state index in [0.717, 1.165) is 27.1 Å². The van der Waals surface area contributed by atoms with Crippen LogP contribution in [0.4, 0.5) is 5.69 Å². The molecule has 0 atom stereocenters. The predicted molar refractivity (Wildman–Crippen MR) is 79.2 cm³/mol. The lowest BCUT2D eigenvalue weighted by Gasteiger charge is -2.08. The van der Waals surface area contributed by atoms with Crippen LogP contribution in [0.25, 0.3) is 0 Å². The number of carbonyl (C=O) groups excluding carboxylic acids is 1. The van der Waals surface area contributed by atoms with Crippen LogP contribution in [0.3, 0.4) is 0 Å². The molecule has 0 aliphatic rings. The maximum Gasteiger partial charge on any atom is 0.230 e. The molecule has 5 heteroatoms. The third-order valence-electron chi connectivity index (χ3n) is 2.90. The molecule has 0 unspecified atom stereocenters. The molecule has 1 aromatic carbocycles. The summed E-state index contributed by atoms with van der Waals surface area (Å²) >= 11 is 3.40. The number of anilines is 1. The van der Waals surface area contributed by atoms with Gasteiger partial charge < -0.3 is 5.32 Å². The summed E-state index contributed by atoms with van der Waals surface area (Å²) in [6.07, 6.45) is 0.326. The van der Waals surface area contributed by atoms with Crippen LogP contribution in [0.5, 0.6) is 0 Å². The van der Waals surface area contributed by atoms with Gasteiger partial charge in [-0.3, -0.25) is 9.48 Å². The van der Waals surface area contributed by atoms with E-state index in [9.17, 15) is 4.79 Å². The zero-order valence-corrected chi connectivity index (χ0v) is 12.8. The number of nitrogens with one attached hydrogen (secondary N) is 1. The van der Waals surface area contributed by atoms with E-state index in [0.29, 0.717) is 6.42 Å². The standard InChI is InChI=1S/C14H16BrN3O/c1-9-6-11(15)4-5-13(9)16-14(19)8-12-7-10(2)17-18(12)3/h4-7H,8H2,1-3H3,(H,16,19). The lowest BCUT2D eigenvalue weighted by atomic mass is 10.2. The highest BCUT2D eigenvalue weighted by atomic mass is 79.9. The molecule has 0 aliphatic carbocycles. The van der Waals surface area contributed by atoms with Gasteiger partial charge in [-0.05, 0) is 43.7 Å². The van der Waals surface area contributed by atoms with Crippen LogP contribution in [0.1, 0.15) is 17.0 Å². The molecule has 1 N–H and O–H groups in total. The molecule has 1 amide bonds. The van der Waals surface area contributed by atoms with E-state index < -0.39 is 0 Å². The smallest absolute Gasteiger partial charge is 0.230 e. The van der Waals surface area contributed by atoms with Crippen molar-refractivity contribution in [2.45, 2.75) is 20.3 Å². The van der Waals surface area contributed by atoms with Crippen LogP contribution < -0.4 is 5.32 Å². The summed E-state index contributed by atoms with van der Waals surface area (Å²) in [5, 5.41) is 7.15. The lowest BCUT2D eigenvalue weighted by Crippen LogP contribution is -2.17. The quantitative estimate of drug-likeness (QED) is 0.944. The number of aryl methyl sites for hydroxylation is 3. The maximum absolute atomic E-state index is 12.0. The molecule has 2 rings (SSSR count). The van der Waals surface area contributed by atoms with Crippen molar-refractivity contribution in [1.29, 1.82) is 0 Å². The Balaban J connectivity index is 2.07. The van der Waals surface area contributed by atoms with Crippen molar-refractivity contribution in [3.63, 3.8) is 0 Å². The fourth-order valence-electron chi connectivity index (χ4n) is 1.96. The van der Waals surface area contributed by atoms with Gasteiger partial charge >= 0.3 is 0 Å². The maximum atomic E-state index is 12.0. The molecule has 0 saturated carbocycles. The second-order valence-electron chi connectivity index (χ2n) is 4.58. The van der Waals surface area contributed by atoms with Crippen LogP contribution in [-0.2, 0) is 18.3 Å². The number of hydrogen-bond donors (Lipinski definition) is 1. The predicted octanol–water partition coefficient (Wildman–Crippen LogP) is 2.98. The number of benzene rings is 1. The fourth-order valence-corrected chi connectivity index (χ4v) is 2.43. The molecular formula is C14H16BrN3O. The van der Waals surface area contributed by atoms with Crippen molar-refractivity contribution in [3.8, 4) is 0 Å². The molecule has 0 aliphatic heterocycles. The second kappa shape index (κ2) is 5.57. The third-order valence-corrected chi connectivity index (χ3v) is 3.40. The summed E-state index contributed by atoms with van der Waals surface area (Å²) in [5.74, 6) is -0.0339. The van der Waals surface area contributed by atoms with Gasteiger partial charge in [0, 0.05) is 22.9 Å². The fraction of sp³-hybridized carbons (Fsp3) is 0.286. The van der Waals surface area contributed by atoms with Gasteiger partial charge in [-0.1, -0.05) is 15.9 Å². The van der Waals surface area contributed by atoms with Crippen LogP contribution in [0.15, 0.2) is 28.7 Å². The van der Waals surface area contributed by atoms with Gasteiger partial charge in [-0.25, -0.2) is 0 Å². The van der Waals surface area contributed by atoms with E-state index in [1.165, 1.54) is 0 Å². The average molecular weight is 322 g/mol. The second-order valence-corrected chi connectivity index (χ2v) is 5.50. The zero-order valence-electron chi connectivity index (χ0n) is 11.2. The monoisotopic (exact) mass is 321 g/mol. The minimum Gasteiger partial charge on any atom is -0.326 e. The number of halogens is 1. The first-order valence-electron chi connectivity index (χ1n) is 6.01. The van der Waals surface area contributed by atoms with E-state index in [4.69, 9.17) is 0 Å². The number of rotatable bonds is 3. The lowest BCUT2D eigenvalue weighted by molar-refractivity contribution is -0.115. The average Bonchev–Trinajstić information content (AvgIpc) is 2.61. The van der Waals surface area contributed by atoms with Gasteiger partial charge in [-0.2, -0.15) is 5.10 Å². The summed E-state index contributed by atoms with van der Waals surface area (Å²) in [5.41, 5.74) is 3.70. The third kappa shape index (κ3) is 3.44. The molecule has 0 radical (unpaired) electrons. The van der Waals surface area contributed by atoms with E-state index in [1.54, 1.807) is 4.68 Å². The molecule has 2 aromatic rings. The first kappa shape index (κ1) is 13.8. The Kier molecular flexibility index (Phi) is 4.04. The van der Waals surface area contributed by atoms with Crippen LogP contribution in [-0.4, -0.2) is 15.7 Å². The summed E-state index contributed by atoms with van der Waals surface area (Å²) in [7, 11) is 1.85. The highest BCUT2D eigenvalue weighted by Crippen LogP contribution is 2.20. The summed E-state index contributed by atoms with van der Waals surface area (Å²) < 4.78 is 2.74. The normalized spacial score (nSPS) is 10.5. The molecule has 100 valence electrons. The molecule has 4 nitrogen and oxygen atoms in total. The van der Waals surface area contributed by atoms with Gasteiger partial charge in [0.25, 0.3) is 0 Å². The van der Waals surface area contributed by atoms with Crippen molar-refractivity contribution in [1.82, 2.24) is 9.78 Å². The number of amides is 1. The van der Waals surface area contributed by atoms with Crippen molar-refractivity contribution >= 4 is 27.5 Å². The van der Waals surface area contributed by atoms with E-state index in [2.05, 4.69) is 26.3 Å². The van der Waals surface area contributed by atoms with Crippen molar-refractivity contribution in [2.24, 2.45) is 7.05 Å². The van der Waals surface area contributed by atoms with E-state index in [-0.39, 0.29) is 5.91 Å². The highest BCUT2D eigenvalue weighted by Gasteiger charge is 2.09. The Hall–Kier alpha value is -1.62. The molecule has 1 aromatic heterocycles. The Bertz CT molecular complexity index is 619. The van der Waals surface area contributed by atoms with Crippen LogP contribution in [0.2, 0.25) is 0 Å². The number of hydrogen-bond acceptors (Lipinski definition) is 2. The first-order valence-corrected chi connectivity index (χ1v) is 6.80. The summed E-state index contributed by atoms with van der Waals surface area (Å²) in [6.45, 7) is 3.88. The van der Waals surface area contributed by atoms with Gasteiger partial charge in [0.2, 0.25) is 5.91 Å². The van der Waals surface area contributed by atoms with Crippen molar-refractivity contribution in [3.05, 3.63) is 45.7 Å². The molecule has 0 spiro atoms. The number of nitrogens with zero attached hydrogens (tertiary/aromatic N) is 2. The molecular weight excluding hydrogens is 306 g/mol. The Labute approximate surface area is 120 Å². The number of carbonyl (C=O) groups is 1. The summed E-state index contributed by atoms with van der Waals surface area (Å²) in [6, 6.07) is 7.71. The Morgan fingerprint density at radius 3 is 2.68 bits per heavy atom.